The molecule has 2 fully saturated rings. The molecule has 2 saturated heterocycles. The van der Waals surface area contributed by atoms with Crippen LogP contribution in [-0.4, -0.2) is 141 Å². The molecule has 2 atom stereocenters. The van der Waals surface area contributed by atoms with E-state index in [-0.39, 0.29) is 110 Å². The van der Waals surface area contributed by atoms with Crippen molar-refractivity contribution < 1.29 is 56.6 Å². The number of halogens is 2. The number of ether oxygens (including phenoxy) is 3. The van der Waals surface area contributed by atoms with Crippen LogP contribution < -0.4 is 21.3 Å². The number of likely N-dealkylation sites (tertiary alicyclic amines) is 1. The van der Waals surface area contributed by atoms with Gasteiger partial charge in [-0.15, -0.1) is 0 Å². The molecule has 1 unspecified atom stereocenters. The number of esters is 1. The molecule has 6 heterocycles. The van der Waals surface area contributed by atoms with Crippen molar-refractivity contribution in [2.24, 2.45) is 5.92 Å². The van der Waals surface area contributed by atoms with Crippen LogP contribution in [0.15, 0.2) is 54.9 Å². The summed E-state index contributed by atoms with van der Waals surface area (Å²) in [7, 11) is 0. The summed E-state index contributed by atoms with van der Waals surface area (Å²) in [5.41, 5.74) is 2.05. The number of anilines is 3. The van der Waals surface area contributed by atoms with Crippen LogP contribution in [0, 0.1) is 24.5 Å². The molecule has 5 aromatic rings. The van der Waals surface area contributed by atoms with Crippen LogP contribution in [0.5, 0.6) is 0 Å². The standard InChI is InChI=1S/C50H55F2N11O10/c1-27(2)62-29(4)57-45-34(51)20-32(21-38(45)62)44-35(52)23-56-50(60-44)58-39-10-8-31(22-55-39)46(73-42(67)26-72-25-28(3)64)30-12-16-61(17-13-30)24-41(66)54-15-19-71-18-14-53-36-7-5-6-33-43(36)49(70)63(48(33)69)37-9-11-40(65)59-47(37)68/h5-8,10,20-23,27,30,37,46,53H,9,11-19,24-26H2,1-4H3,(H,54,66)(H,59,65,68)(H,55,56,58,60)/t37?,46-/m1/s1. The third-order valence-electron chi connectivity index (χ3n) is 12.6. The topological polar surface area (TPSA) is 258 Å². The van der Waals surface area contributed by atoms with Crippen molar-refractivity contribution in [1.29, 1.82) is 0 Å². The minimum Gasteiger partial charge on any atom is -0.455 e. The zero-order valence-corrected chi connectivity index (χ0v) is 40.7. The Morgan fingerprint density at radius 2 is 1.67 bits per heavy atom. The Bertz CT molecular complexity index is 2940. The van der Waals surface area contributed by atoms with Gasteiger partial charge in [-0.25, -0.2) is 33.5 Å². The Kier molecular flexibility index (Phi) is 16.2. The SMILES string of the molecule is CC(=O)COCC(=O)O[C@@H](c1ccc(Nc2ncc(F)c(-c3cc(F)c4nc(C)n(C(C)C)c4c3)n2)nc1)C1CCN(CC(=O)NCCOCCNc2cccc3c2C(=O)N(C2CCC(=O)NC2=O)C3=O)CC1. The maximum absolute atomic E-state index is 15.3. The van der Waals surface area contributed by atoms with Crippen LogP contribution in [0.3, 0.4) is 0 Å². The minimum atomic E-state index is -1.07. The van der Waals surface area contributed by atoms with Gasteiger partial charge in [-0.1, -0.05) is 12.1 Å². The van der Waals surface area contributed by atoms with Crippen molar-refractivity contribution in [2.75, 3.05) is 69.8 Å². The fraction of sp³-hybridized carbons (Fsp3) is 0.420. The quantitative estimate of drug-likeness (QED) is 0.0453. The Morgan fingerprint density at radius 3 is 2.40 bits per heavy atom. The number of piperidine rings is 2. The zero-order chi connectivity index (χ0) is 51.9. The number of aryl methyl sites for hydroxylation is 1. The highest BCUT2D eigenvalue weighted by atomic mass is 19.1. The lowest BCUT2D eigenvalue weighted by molar-refractivity contribution is -0.159. The highest BCUT2D eigenvalue weighted by Gasteiger charge is 2.45. The summed E-state index contributed by atoms with van der Waals surface area (Å²) in [6.45, 7) is 8.43. The molecule has 8 rings (SSSR count). The summed E-state index contributed by atoms with van der Waals surface area (Å²) in [5, 5.41) is 11.1. The second kappa shape index (κ2) is 22.8. The maximum atomic E-state index is 15.3. The third-order valence-corrected chi connectivity index (χ3v) is 12.6. The Labute approximate surface area is 417 Å². The molecule has 3 aromatic heterocycles. The Morgan fingerprint density at radius 1 is 0.890 bits per heavy atom. The summed E-state index contributed by atoms with van der Waals surface area (Å²) in [4.78, 5) is 108. The molecular formula is C50H55F2N11O10. The van der Waals surface area contributed by atoms with E-state index < -0.39 is 60.0 Å². The highest BCUT2D eigenvalue weighted by Crippen LogP contribution is 2.36. The third kappa shape index (κ3) is 12.0. The van der Waals surface area contributed by atoms with E-state index in [9.17, 15) is 33.6 Å². The number of rotatable bonds is 21. The molecule has 23 heteroatoms. The first-order valence-electron chi connectivity index (χ1n) is 23.9. The number of carbonyl (C=O) groups is 7. The molecule has 3 aliphatic heterocycles. The molecule has 384 valence electrons. The van der Waals surface area contributed by atoms with Crippen molar-refractivity contribution in [3.63, 3.8) is 0 Å². The molecule has 4 N–H and O–H groups in total. The van der Waals surface area contributed by atoms with E-state index in [2.05, 4.69) is 41.2 Å². The van der Waals surface area contributed by atoms with Gasteiger partial charge < -0.3 is 34.7 Å². The predicted molar refractivity (Wildman–Crippen MR) is 258 cm³/mol. The van der Waals surface area contributed by atoms with E-state index in [1.165, 1.54) is 25.3 Å². The summed E-state index contributed by atoms with van der Waals surface area (Å²) in [6.07, 6.45) is 2.96. The summed E-state index contributed by atoms with van der Waals surface area (Å²) in [6, 6.07) is 9.88. The van der Waals surface area contributed by atoms with Crippen molar-refractivity contribution in [3.05, 3.63) is 89.0 Å². The van der Waals surface area contributed by atoms with Gasteiger partial charge >= 0.3 is 5.97 Å². The molecule has 0 bridgehead atoms. The molecule has 0 aliphatic carbocycles. The number of benzene rings is 2. The Balaban J connectivity index is 0.813. The fourth-order valence-corrected chi connectivity index (χ4v) is 9.30. The first-order chi connectivity index (χ1) is 35.1. The van der Waals surface area contributed by atoms with Crippen LogP contribution in [0.25, 0.3) is 22.3 Å². The van der Waals surface area contributed by atoms with Crippen LogP contribution in [0.2, 0.25) is 0 Å². The normalized spacial score (nSPS) is 16.7. The monoisotopic (exact) mass is 1010 g/mol. The van der Waals surface area contributed by atoms with Gasteiger partial charge in [0.05, 0.1) is 42.6 Å². The van der Waals surface area contributed by atoms with E-state index >= 15 is 8.78 Å². The first-order valence-corrected chi connectivity index (χ1v) is 23.9. The molecule has 0 radical (unpaired) electrons. The van der Waals surface area contributed by atoms with Gasteiger partial charge in [-0.2, -0.15) is 0 Å². The number of imidazole rings is 1. The number of ketones is 1. The van der Waals surface area contributed by atoms with Crippen molar-refractivity contribution >= 4 is 69.8 Å². The van der Waals surface area contributed by atoms with Crippen molar-refractivity contribution in [3.8, 4) is 11.3 Å². The van der Waals surface area contributed by atoms with Gasteiger partial charge in [0.25, 0.3) is 11.8 Å². The number of imide groups is 2. The average Bonchev–Trinajstić information content (AvgIpc) is 3.83. The predicted octanol–water partition coefficient (Wildman–Crippen LogP) is 4.35. The lowest BCUT2D eigenvalue weighted by Crippen LogP contribution is -2.54. The van der Waals surface area contributed by atoms with Gasteiger partial charge in [0.1, 0.15) is 48.2 Å². The number of carbonyl (C=O) groups excluding carboxylic acids is 7. The maximum Gasteiger partial charge on any atom is 0.332 e. The second-order valence-corrected chi connectivity index (χ2v) is 18.2. The van der Waals surface area contributed by atoms with Gasteiger partial charge in [0.15, 0.2) is 17.4 Å². The van der Waals surface area contributed by atoms with Crippen LogP contribution >= 0.6 is 0 Å². The largest absolute Gasteiger partial charge is 0.455 e. The molecular weight excluding hydrogens is 953 g/mol. The molecule has 0 saturated carbocycles. The fourth-order valence-electron chi connectivity index (χ4n) is 9.30. The van der Waals surface area contributed by atoms with Crippen LogP contribution in [0.1, 0.15) is 90.7 Å². The van der Waals surface area contributed by atoms with Crippen LogP contribution in [0.4, 0.5) is 26.2 Å². The number of pyridine rings is 1. The van der Waals surface area contributed by atoms with Gasteiger partial charge in [-0.3, -0.25) is 43.9 Å². The first kappa shape index (κ1) is 51.7. The van der Waals surface area contributed by atoms with E-state index in [1.807, 2.05) is 23.3 Å². The minimum absolute atomic E-state index is 0.00283. The number of nitrogens with one attached hydrogen (secondary N) is 4. The highest BCUT2D eigenvalue weighted by molar-refractivity contribution is 6.25. The van der Waals surface area contributed by atoms with E-state index in [4.69, 9.17) is 14.2 Å². The number of aromatic nitrogens is 5. The van der Waals surface area contributed by atoms with E-state index in [1.54, 1.807) is 37.3 Å². The van der Waals surface area contributed by atoms with Gasteiger partial charge in [0.2, 0.25) is 23.7 Å². The lowest BCUT2D eigenvalue weighted by Gasteiger charge is -2.35. The van der Waals surface area contributed by atoms with Crippen LogP contribution in [-0.2, 0) is 38.2 Å². The second-order valence-electron chi connectivity index (χ2n) is 18.2. The van der Waals surface area contributed by atoms with Crippen molar-refractivity contribution in [1.82, 2.24) is 44.9 Å². The summed E-state index contributed by atoms with van der Waals surface area (Å²) >= 11 is 0. The van der Waals surface area contributed by atoms with Gasteiger partial charge in [0, 0.05) is 54.5 Å². The number of nitrogens with zero attached hydrogens (tertiary/aromatic N) is 7. The molecule has 5 amide bonds. The Hall–Kier alpha value is -7.63. The number of hydrogen-bond donors (Lipinski definition) is 4. The summed E-state index contributed by atoms with van der Waals surface area (Å²) < 4.78 is 49.2. The zero-order valence-electron chi connectivity index (χ0n) is 40.7. The lowest BCUT2D eigenvalue weighted by atomic mass is 9.87. The molecule has 2 aromatic carbocycles. The molecule has 21 nitrogen and oxygen atoms in total. The smallest absolute Gasteiger partial charge is 0.332 e. The van der Waals surface area contributed by atoms with E-state index in [0.29, 0.717) is 54.3 Å². The van der Waals surface area contributed by atoms with Gasteiger partial charge in [-0.05, 0) is 90.4 Å². The number of amides is 5. The molecule has 3 aliphatic rings. The average molecular weight is 1010 g/mol. The summed E-state index contributed by atoms with van der Waals surface area (Å²) in [5.74, 6) is -4.11. The number of Topliss-reactive ketones (excluding diaryl/α,β-unsaturated/α-hetero) is 1. The number of fused-ring (bicyclic) bond motifs is 2. The molecule has 73 heavy (non-hydrogen) atoms. The van der Waals surface area contributed by atoms with E-state index in [0.717, 1.165) is 11.1 Å². The number of hydrogen-bond acceptors (Lipinski definition) is 17. The van der Waals surface area contributed by atoms with Crippen molar-refractivity contribution in [2.45, 2.75) is 71.6 Å². The molecule has 0 spiro atoms.